The molecule has 11 heteroatoms. The number of allylic oxidation sites excluding steroid dienone is 1. The maximum absolute atomic E-state index is 12.7. The van der Waals surface area contributed by atoms with Crippen LogP contribution in [-0.4, -0.2) is 19.1 Å². The lowest BCUT2D eigenvalue weighted by Crippen LogP contribution is -2.58. The van der Waals surface area contributed by atoms with E-state index in [1.54, 1.807) is 4.57 Å². The van der Waals surface area contributed by atoms with Crippen LogP contribution in [0, 0.1) is 20.4 Å². The fraction of sp³-hybridized carbons (Fsp3) is 0.111. The molecule has 1 aliphatic heterocycles. The molecule has 1 N–H and O–H groups in total. The van der Waals surface area contributed by atoms with Gasteiger partial charge in [-0.05, 0) is 29.7 Å². The van der Waals surface area contributed by atoms with Crippen LogP contribution < -0.4 is 19.5 Å². The van der Waals surface area contributed by atoms with Crippen molar-refractivity contribution < 1.29 is 33.8 Å². The molecule has 4 rings (SSSR count). The quantitative estimate of drug-likeness (QED) is 0.412. The van der Waals surface area contributed by atoms with Crippen LogP contribution in [-0.2, 0) is 6.54 Å². The van der Waals surface area contributed by atoms with Crippen molar-refractivity contribution >= 4 is 28.2 Å². The van der Waals surface area contributed by atoms with Crippen molar-refractivity contribution in [2.45, 2.75) is 13.0 Å². The molecule has 150 valence electrons. The van der Waals surface area contributed by atoms with Gasteiger partial charge in [-0.1, -0.05) is 30.3 Å². The summed E-state index contributed by atoms with van der Waals surface area (Å²) >= 11 is 0. The zero-order valence-electron chi connectivity index (χ0n) is 14.7. The van der Waals surface area contributed by atoms with E-state index in [0.717, 1.165) is 17.6 Å². The minimum atomic E-state index is -4.69. The van der Waals surface area contributed by atoms with Gasteiger partial charge in [-0.2, -0.15) is 14.0 Å². The van der Waals surface area contributed by atoms with E-state index in [-0.39, 0.29) is 16.6 Å². The molecule has 2 aromatic carbocycles. The number of fused-ring (bicyclic) bond motifs is 2. The number of rotatable bonds is 2. The minimum Gasteiger partial charge on any atom is -0.292 e. The summed E-state index contributed by atoms with van der Waals surface area (Å²) < 4.78 is 34.3. The van der Waals surface area contributed by atoms with Crippen LogP contribution in [0.5, 0.6) is 0 Å². The molecular weight excluding hydrogens is 406 g/mol. The first-order valence-electron chi connectivity index (χ1n) is 8.22. The van der Waals surface area contributed by atoms with Gasteiger partial charge in [0.05, 0.1) is 30.7 Å². The standard InChI is InChI=1S/C18H13N3O3.ClHO4/c22-18-15-11-14(21(23)24)6-7-16(15)19-17-13(8-9-20(17)18)10-12-4-2-1-3-5-12;2-1(3,4)5/h1-7,10-11H,8-9H2;(H,2,3,4,5)/b13-10+;. The molecule has 0 spiro atoms. The third-order valence-corrected chi connectivity index (χ3v) is 4.18. The van der Waals surface area contributed by atoms with Gasteiger partial charge < -0.3 is 0 Å². The van der Waals surface area contributed by atoms with Crippen molar-refractivity contribution in [1.82, 2.24) is 9.55 Å². The van der Waals surface area contributed by atoms with Gasteiger partial charge in [0.25, 0.3) is 11.2 Å². The van der Waals surface area contributed by atoms with E-state index < -0.39 is 15.2 Å². The molecule has 0 aliphatic carbocycles. The highest BCUT2D eigenvalue weighted by molar-refractivity contribution is 5.85. The highest BCUT2D eigenvalue weighted by atomic mass is 35.7. The predicted octanol–water partition coefficient (Wildman–Crippen LogP) is -0.875. The van der Waals surface area contributed by atoms with E-state index in [1.165, 1.54) is 18.2 Å². The summed E-state index contributed by atoms with van der Waals surface area (Å²) in [6.45, 7) is 0.540. The van der Waals surface area contributed by atoms with E-state index >= 15 is 0 Å². The Bertz CT molecular complexity index is 1150. The van der Waals surface area contributed by atoms with Crippen molar-refractivity contribution in [3.63, 3.8) is 0 Å². The molecule has 0 unspecified atom stereocenters. The molecular formula is C18H14ClN3O7. The molecule has 2 heterocycles. The predicted molar refractivity (Wildman–Crippen MR) is 93.8 cm³/mol. The van der Waals surface area contributed by atoms with Crippen LogP contribution in [0.2, 0.25) is 0 Å². The Morgan fingerprint density at radius 2 is 1.79 bits per heavy atom. The van der Waals surface area contributed by atoms with Crippen LogP contribution in [0.1, 0.15) is 17.8 Å². The topological polar surface area (TPSA) is 167 Å². The number of aromatic nitrogens is 2. The van der Waals surface area contributed by atoms with Crippen LogP contribution >= 0.6 is 0 Å². The number of hydrogen-bond donors (Lipinski definition) is 1. The number of hydrogen-bond acceptors (Lipinski definition) is 8. The SMILES string of the molecule is O=c1c2cc([N+](=O)[O-])ccc2nc2n1CC/C2=C\c1ccccc1.[O-][Cl+3]([O-])([O-])O. The van der Waals surface area contributed by atoms with Crippen LogP contribution in [0.15, 0.2) is 53.3 Å². The number of halogens is 1. The fourth-order valence-electron chi connectivity index (χ4n) is 3.01. The highest BCUT2D eigenvalue weighted by Crippen LogP contribution is 2.28. The summed E-state index contributed by atoms with van der Waals surface area (Å²) in [6.07, 6.45) is 2.75. The summed E-state index contributed by atoms with van der Waals surface area (Å²) in [5.41, 5.74) is 2.21. The van der Waals surface area contributed by atoms with E-state index in [9.17, 15) is 14.9 Å². The second-order valence-corrected chi connectivity index (χ2v) is 6.87. The zero-order valence-corrected chi connectivity index (χ0v) is 15.5. The van der Waals surface area contributed by atoms with Crippen molar-refractivity contribution in [3.8, 4) is 0 Å². The number of nitro benzene ring substituents is 1. The lowest BCUT2D eigenvalue weighted by Gasteiger charge is -2.05. The lowest BCUT2D eigenvalue weighted by molar-refractivity contribution is -1.92. The first-order valence-corrected chi connectivity index (χ1v) is 9.48. The molecule has 1 aliphatic rings. The Morgan fingerprint density at radius 3 is 2.41 bits per heavy atom. The molecule has 10 nitrogen and oxygen atoms in total. The first kappa shape index (κ1) is 20.6. The second kappa shape index (κ2) is 8.07. The number of nitrogens with zero attached hydrogens (tertiary/aromatic N) is 3. The molecule has 0 saturated carbocycles. The summed E-state index contributed by atoms with van der Waals surface area (Å²) in [4.78, 5) is 27.6. The fourth-order valence-corrected chi connectivity index (χ4v) is 3.01. The minimum absolute atomic E-state index is 0.0972. The number of benzene rings is 2. The number of non-ortho nitro benzene ring substituents is 1. The number of nitro groups is 1. The molecule has 0 bridgehead atoms. The van der Waals surface area contributed by atoms with Gasteiger partial charge in [-0.15, -0.1) is 0 Å². The Labute approximate surface area is 165 Å². The summed E-state index contributed by atoms with van der Waals surface area (Å²) in [6, 6.07) is 14.1. The largest absolute Gasteiger partial charge is 0.292 e. The third-order valence-electron chi connectivity index (χ3n) is 4.18. The third kappa shape index (κ3) is 5.02. The molecule has 0 atom stereocenters. The summed E-state index contributed by atoms with van der Waals surface area (Å²) in [5.74, 6) is 0.644. The summed E-state index contributed by atoms with van der Waals surface area (Å²) in [7, 11) is -4.69. The molecule has 0 radical (unpaired) electrons. The van der Waals surface area contributed by atoms with Gasteiger partial charge in [0.1, 0.15) is 5.82 Å². The summed E-state index contributed by atoms with van der Waals surface area (Å²) in [5, 5.41) is 11.2. The van der Waals surface area contributed by atoms with Crippen LogP contribution in [0.3, 0.4) is 0 Å². The Morgan fingerprint density at radius 1 is 1.14 bits per heavy atom. The molecule has 0 saturated heterocycles. The smallest absolute Gasteiger partial charge is 0.270 e. The molecule has 0 fully saturated rings. The van der Waals surface area contributed by atoms with Crippen molar-refractivity contribution in [2.75, 3.05) is 0 Å². The zero-order chi connectivity index (χ0) is 21.2. The van der Waals surface area contributed by atoms with E-state index in [1.807, 2.05) is 36.4 Å². The van der Waals surface area contributed by atoms with Gasteiger partial charge in [0.15, 0.2) is 0 Å². The van der Waals surface area contributed by atoms with Gasteiger partial charge >= 0.3 is 0 Å². The van der Waals surface area contributed by atoms with Gasteiger partial charge in [0, 0.05) is 18.7 Å². The van der Waals surface area contributed by atoms with Gasteiger partial charge in [0.2, 0.25) is 0 Å². The molecule has 3 aromatic rings. The van der Waals surface area contributed by atoms with Crippen molar-refractivity contribution in [2.24, 2.45) is 0 Å². The Balaban J connectivity index is 0.000000431. The maximum atomic E-state index is 12.7. The maximum Gasteiger partial charge on any atom is 0.270 e. The van der Waals surface area contributed by atoms with E-state index in [4.69, 9.17) is 18.6 Å². The molecule has 29 heavy (non-hydrogen) atoms. The Hall–Kier alpha value is -3.15. The highest BCUT2D eigenvalue weighted by Gasteiger charge is 2.21. The van der Waals surface area contributed by atoms with Crippen molar-refractivity contribution in [1.29, 1.82) is 0 Å². The lowest BCUT2D eigenvalue weighted by atomic mass is 10.1. The van der Waals surface area contributed by atoms with E-state index in [2.05, 4.69) is 4.98 Å². The van der Waals surface area contributed by atoms with Gasteiger partial charge in [-0.3, -0.25) is 19.5 Å². The van der Waals surface area contributed by atoms with Gasteiger partial charge in [-0.25, -0.2) is 4.98 Å². The Kier molecular flexibility index (Phi) is 5.73. The normalized spacial score (nSPS) is 14.4. The first-order chi connectivity index (χ1) is 13.6. The van der Waals surface area contributed by atoms with E-state index in [0.29, 0.717) is 17.9 Å². The molecule has 1 aromatic heterocycles. The monoisotopic (exact) mass is 419 g/mol. The molecule has 0 amide bonds. The van der Waals surface area contributed by atoms with Crippen LogP contribution in [0.25, 0.3) is 22.6 Å². The second-order valence-electron chi connectivity index (χ2n) is 6.08. The average Bonchev–Trinajstić information content (AvgIpc) is 3.04. The van der Waals surface area contributed by atoms with Crippen molar-refractivity contribution in [3.05, 3.63) is 80.4 Å². The van der Waals surface area contributed by atoms with Crippen LogP contribution in [0.4, 0.5) is 5.69 Å². The average molecular weight is 420 g/mol.